The van der Waals surface area contributed by atoms with Gasteiger partial charge >= 0.3 is 11.9 Å². The lowest BCUT2D eigenvalue weighted by Crippen LogP contribution is -2.10. The van der Waals surface area contributed by atoms with Crippen molar-refractivity contribution in [2.24, 2.45) is 4.99 Å². The maximum Gasteiger partial charge on any atom is 0.363 e. The minimum atomic E-state index is -0.677. The van der Waals surface area contributed by atoms with Gasteiger partial charge in [0.15, 0.2) is 5.70 Å². The summed E-state index contributed by atoms with van der Waals surface area (Å²) in [5, 5.41) is 1.88. The van der Waals surface area contributed by atoms with E-state index in [2.05, 4.69) is 20.9 Å². The van der Waals surface area contributed by atoms with Gasteiger partial charge in [0.1, 0.15) is 10.6 Å². The van der Waals surface area contributed by atoms with Gasteiger partial charge in [-0.1, -0.05) is 68.9 Å². The van der Waals surface area contributed by atoms with Crippen molar-refractivity contribution in [1.82, 2.24) is 0 Å². The minimum absolute atomic E-state index is 0.0356. The van der Waals surface area contributed by atoms with E-state index >= 15 is 0 Å². The van der Waals surface area contributed by atoms with Crippen LogP contribution >= 0.6 is 62.1 Å². The predicted octanol–water partition coefficient (Wildman–Crippen LogP) is 8.19. The molecule has 1 aliphatic rings. The van der Waals surface area contributed by atoms with Crippen LogP contribution in [0.3, 0.4) is 0 Å². The number of aliphatic imine (C=N–C) groups is 1. The standard InChI is InChI=1S/C25H11BrCl3NO4S/c26-13-5-8-19(33-24(31)15-7-6-14(27)11-17(15)28)12(9-13)10-18-25(32)34-23(30-18)22-21(29)16-3-1-2-4-20(16)35-22/h1-11H/b18-10+. The van der Waals surface area contributed by atoms with Crippen molar-refractivity contribution in [3.05, 3.63) is 102 Å². The van der Waals surface area contributed by atoms with Crippen molar-refractivity contribution in [3.8, 4) is 5.75 Å². The van der Waals surface area contributed by atoms with Crippen LogP contribution in [0.5, 0.6) is 5.75 Å². The Labute approximate surface area is 226 Å². The quantitative estimate of drug-likeness (QED) is 0.133. The summed E-state index contributed by atoms with van der Waals surface area (Å²) in [4.78, 5) is 30.3. The summed E-state index contributed by atoms with van der Waals surface area (Å²) in [6, 6.07) is 17.0. The predicted molar refractivity (Wildman–Crippen MR) is 143 cm³/mol. The zero-order valence-electron chi connectivity index (χ0n) is 17.4. The Morgan fingerprint density at radius 1 is 1.06 bits per heavy atom. The van der Waals surface area contributed by atoms with Gasteiger partial charge in [0.05, 0.1) is 15.6 Å². The summed E-state index contributed by atoms with van der Waals surface area (Å²) >= 11 is 23.3. The number of nitrogens with zero attached hydrogens (tertiary/aromatic N) is 1. The second kappa shape index (κ2) is 9.76. The highest BCUT2D eigenvalue weighted by Gasteiger charge is 2.28. The fourth-order valence-electron chi connectivity index (χ4n) is 3.34. The molecule has 2 heterocycles. The zero-order valence-corrected chi connectivity index (χ0v) is 22.0. The number of cyclic esters (lactones) is 1. The lowest BCUT2D eigenvalue weighted by molar-refractivity contribution is -0.129. The maximum absolute atomic E-state index is 12.7. The molecule has 0 atom stereocenters. The Balaban J connectivity index is 1.49. The number of carbonyl (C=O) groups excluding carboxylic acids is 2. The molecule has 35 heavy (non-hydrogen) atoms. The number of esters is 2. The van der Waals surface area contributed by atoms with Crippen LogP contribution in [0.25, 0.3) is 16.2 Å². The molecule has 3 aromatic carbocycles. The van der Waals surface area contributed by atoms with Crippen LogP contribution in [0.2, 0.25) is 15.1 Å². The zero-order chi connectivity index (χ0) is 24.7. The first-order valence-corrected chi connectivity index (χ1v) is 12.7. The molecule has 0 spiro atoms. The maximum atomic E-state index is 12.7. The highest BCUT2D eigenvalue weighted by Crippen LogP contribution is 2.37. The number of fused-ring (bicyclic) bond motifs is 1. The fraction of sp³-hybridized carbons (Fsp3) is 0. The van der Waals surface area contributed by atoms with Gasteiger partial charge < -0.3 is 9.47 Å². The van der Waals surface area contributed by atoms with E-state index in [9.17, 15) is 9.59 Å². The average molecular weight is 608 g/mol. The van der Waals surface area contributed by atoms with Crippen molar-refractivity contribution in [1.29, 1.82) is 0 Å². The molecule has 1 aromatic heterocycles. The van der Waals surface area contributed by atoms with Crippen molar-refractivity contribution < 1.29 is 19.1 Å². The number of halogens is 4. The van der Waals surface area contributed by atoms with E-state index in [-0.39, 0.29) is 27.9 Å². The summed E-state index contributed by atoms with van der Waals surface area (Å²) in [6.45, 7) is 0. The second-order valence-electron chi connectivity index (χ2n) is 7.27. The van der Waals surface area contributed by atoms with Gasteiger partial charge in [-0.15, -0.1) is 11.3 Å². The smallest absolute Gasteiger partial charge is 0.363 e. The van der Waals surface area contributed by atoms with Gasteiger partial charge in [0.2, 0.25) is 5.90 Å². The van der Waals surface area contributed by atoms with Gasteiger partial charge in [-0.05, 0) is 48.5 Å². The molecule has 0 amide bonds. The van der Waals surface area contributed by atoms with E-state index in [1.54, 1.807) is 24.3 Å². The molecule has 5 nitrogen and oxygen atoms in total. The largest absolute Gasteiger partial charge is 0.422 e. The molecule has 0 saturated carbocycles. The Kier molecular flexibility index (Phi) is 6.70. The Hall–Kier alpha value is -2.68. The van der Waals surface area contributed by atoms with Crippen molar-refractivity contribution in [2.45, 2.75) is 0 Å². The van der Waals surface area contributed by atoms with Gasteiger partial charge in [0.25, 0.3) is 0 Å². The number of rotatable bonds is 4. The third kappa shape index (κ3) is 4.87. The Morgan fingerprint density at radius 2 is 1.86 bits per heavy atom. The highest BCUT2D eigenvalue weighted by atomic mass is 79.9. The first kappa shape index (κ1) is 24.0. The summed E-state index contributed by atoms with van der Waals surface area (Å²) in [5.74, 6) is -1.00. The number of hydrogen-bond acceptors (Lipinski definition) is 6. The van der Waals surface area contributed by atoms with Gasteiger partial charge in [0, 0.05) is 25.1 Å². The van der Waals surface area contributed by atoms with Gasteiger partial charge in [-0.2, -0.15) is 0 Å². The molecule has 10 heteroatoms. The highest BCUT2D eigenvalue weighted by molar-refractivity contribution is 9.10. The minimum Gasteiger partial charge on any atom is -0.422 e. The van der Waals surface area contributed by atoms with Crippen LogP contribution in [0.15, 0.2) is 75.8 Å². The molecule has 0 aliphatic carbocycles. The van der Waals surface area contributed by atoms with E-state index < -0.39 is 11.9 Å². The third-order valence-corrected chi connectivity index (χ3v) is 7.67. The van der Waals surface area contributed by atoms with Crippen LogP contribution in [-0.4, -0.2) is 17.8 Å². The van der Waals surface area contributed by atoms with Gasteiger partial charge in [-0.25, -0.2) is 14.6 Å². The molecular weight excluding hydrogens is 597 g/mol. The van der Waals surface area contributed by atoms with Gasteiger partial charge in [-0.3, -0.25) is 0 Å². The van der Waals surface area contributed by atoms with E-state index in [0.717, 1.165) is 10.1 Å². The first-order chi connectivity index (χ1) is 16.8. The molecule has 0 bridgehead atoms. The third-order valence-electron chi connectivity index (χ3n) is 4.97. The lowest BCUT2D eigenvalue weighted by Gasteiger charge is -2.09. The van der Waals surface area contributed by atoms with E-state index in [0.29, 0.717) is 25.0 Å². The average Bonchev–Trinajstić information content (AvgIpc) is 3.35. The number of carbonyl (C=O) groups is 2. The molecule has 0 saturated heterocycles. The molecule has 5 rings (SSSR count). The van der Waals surface area contributed by atoms with Crippen molar-refractivity contribution in [3.63, 3.8) is 0 Å². The Morgan fingerprint density at radius 3 is 2.63 bits per heavy atom. The molecule has 4 aromatic rings. The molecule has 174 valence electrons. The number of hydrogen-bond donors (Lipinski definition) is 0. The molecular formula is C25H11BrCl3NO4S. The summed E-state index contributed by atoms with van der Waals surface area (Å²) in [5.41, 5.74) is 0.614. The van der Waals surface area contributed by atoms with Crippen molar-refractivity contribution in [2.75, 3.05) is 0 Å². The fourth-order valence-corrected chi connectivity index (χ4v) is 5.64. The van der Waals surface area contributed by atoms with E-state index in [1.165, 1.54) is 29.5 Å². The number of thiophene rings is 1. The number of benzene rings is 3. The van der Waals surface area contributed by atoms with Crippen LogP contribution in [0.4, 0.5) is 0 Å². The van der Waals surface area contributed by atoms with Crippen molar-refractivity contribution >= 4 is 96.1 Å². The normalized spacial score (nSPS) is 14.3. The molecule has 1 aliphatic heterocycles. The Bertz CT molecular complexity index is 1600. The number of ether oxygens (including phenoxy) is 2. The van der Waals surface area contributed by atoms with E-state index in [4.69, 9.17) is 44.3 Å². The van der Waals surface area contributed by atoms with Crippen LogP contribution in [-0.2, 0) is 9.53 Å². The molecule has 0 fully saturated rings. The monoisotopic (exact) mass is 605 g/mol. The lowest BCUT2D eigenvalue weighted by atomic mass is 10.1. The summed E-state index contributed by atoms with van der Waals surface area (Å²) < 4.78 is 12.6. The van der Waals surface area contributed by atoms with Crippen LogP contribution in [0.1, 0.15) is 20.8 Å². The summed E-state index contributed by atoms with van der Waals surface area (Å²) in [6.07, 6.45) is 1.48. The molecule has 0 N–H and O–H groups in total. The summed E-state index contributed by atoms with van der Waals surface area (Å²) in [7, 11) is 0. The second-order valence-corrected chi connectivity index (χ2v) is 10.5. The van der Waals surface area contributed by atoms with Crippen LogP contribution in [0, 0.1) is 0 Å². The SMILES string of the molecule is O=C1OC(c2sc3ccccc3c2Cl)=N/C1=C/c1cc(Br)ccc1OC(=O)c1ccc(Cl)cc1Cl. The van der Waals surface area contributed by atoms with Crippen LogP contribution < -0.4 is 4.74 Å². The van der Waals surface area contributed by atoms with E-state index in [1.807, 2.05) is 24.3 Å². The topological polar surface area (TPSA) is 65.0 Å². The first-order valence-electron chi connectivity index (χ1n) is 9.97. The molecule has 0 radical (unpaired) electrons. The molecule has 0 unspecified atom stereocenters.